The van der Waals surface area contributed by atoms with Crippen molar-refractivity contribution in [2.24, 2.45) is 11.7 Å². The van der Waals surface area contributed by atoms with E-state index < -0.39 is 0 Å². The second-order valence-electron chi connectivity index (χ2n) is 5.57. The SMILES string of the molecule is N[C@@H](c1ccccc1Sc1ccc(Cl)cc1)C1CCOCC1. The fourth-order valence-electron chi connectivity index (χ4n) is 2.81. The summed E-state index contributed by atoms with van der Waals surface area (Å²) in [5, 5.41) is 0.761. The van der Waals surface area contributed by atoms with Gasteiger partial charge in [0.25, 0.3) is 0 Å². The summed E-state index contributed by atoms with van der Waals surface area (Å²) in [7, 11) is 0. The lowest BCUT2D eigenvalue weighted by molar-refractivity contribution is 0.0581. The van der Waals surface area contributed by atoms with Crippen LogP contribution in [0.4, 0.5) is 0 Å². The maximum absolute atomic E-state index is 6.56. The predicted molar refractivity (Wildman–Crippen MR) is 92.5 cm³/mol. The first-order valence-corrected chi connectivity index (χ1v) is 8.79. The predicted octanol–water partition coefficient (Wildman–Crippen LogP) is 4.92. The second-order valence-corrected chi connectivity index (χ2v) is 7.12. The van der Waals surface area contributed by atoms with Crippen LogP contribution < -0.4 is 5.73 Å². The van der Waals surface area contributed by atoms with Crippen molar-refractivity contribution in [1.29, 1.82) is 0 Å². The van der Waals surface area contributed by atoms with Crippen LogP contribution in [-0.4, -0.2) is 13.2 Å². The van der Waals surface area contributed by atoms with Crippen LogP contribution in [0.25, 0.3) is 0 Å². The van der Waals surface area contributed by atoms with Gasteiger partial charge in [0.2, 0.25) is 0 Å². The van der Waals surface area contributed by atoms with E-state index in [4.69, 9.17) is 22.1 Å². The van der Waals surface area contributed by atoms with Gasteiger partial charge in [-0.2, -0.15) is 0 Å². The van der Waals surface area contributed by atoms with Crippen molar-refractivity contribution in [2.75, 3.05) is 13.2 Å². The van der Waals surface area contributed by atoms with E-state index in [1.165, 1.54) is 15.4 Å². The summed E-state index contributed by atoms with van der Waals surface area (Å²) in [5.41, 5.74) is 7.79. The minimum absolute atomic E-state index is 0.0694. The summed E-state index contributed by atoms with van der Waals surface area (Å²) < 4.78 is 5.45. The Morgan fingerprint density at radius 2 is 1.73 bits per heavy atom. The molecule has 0 radical (unpaired) electrons. The molecule has 2 nitrogen and oxygen atoms in total. The number of nitrogens with two attached hydrogens (primary N) is 1. The lowest BCUT2D eigenvalue weighted by atomic mass is 9.88. The number of halogens is 1. The number of hydrogen-bond acceptors (Lipinski definition) is 3. The van der Waals surface area contributed by atoms with Crippen molar-refractivity contribution in [3.8, 4) is 0 Å². The fourth-order valence-corrected chi connectivity index (χ4v) is 3.93. The average Bonchev–Trinajstić information content (AvgIpc) is 2.58. The molecule has 4 heteroatoms. The molecular weight excluding hydrogens is 314 g/mol. The van der Waals surface area contributed by atoms with E-state index in [1.807, 2.05) is 24.3 Å². The van der Waals surface area contributed by atoms with Crippen LogP contribution in [-0.2, 0) is 4.74 Å². The maximum Gasteiger partial charge on any atom is 0.0469 e. The van der Waals surface area contributed by atoms with Crippen LogP contribution in [0.15, 0.2) is 58.3 Å². The van der Waals surface area contributed by atoms with Gasteiger partial charge in [0.1, 0.15) is 0 Å². The van der Waals surface area contributed by atoms with Gasteiger partial charge in [-0.05, 0) is 54.7 Å². The Bertz CT molecular complexity index is 611. The minimum Gasteiger partial charge on any atom is -0.381 e. The number of ether oxygens (including phenoxy) is 1. The number of hydrogen-bond donors (Lipinski definition) is 1. The van der Waals surface area contributed by atoms with E-state index >= 15 is 0 Å². The Morgan fingerprint density at radius 1 is 1.05 bits per heavy atom. The summed E-state index contributed by atoms with van der Waals surface area (Å²) in [4.78, 5) is 2.40. The topological polar surface area (TPSA) is 35.2 Å². The summed E-state index contributed by atoms with van der Waals surface area (Å²) in [5.74, 6) is 0.501. The van der Waals surface area contributed by atoms with Gasteiger partial charge in [-0.3, -0.25) is 0 Å². The third kappa shape index (κ3) is 3.85. The monoisotopic (exact) mass is 333 g/mol. The third-order valence-corrected chi connectivity index (χ3v) is 5.44. The molecule has 1 heterocycles. The lowest BCUT2D eigenvalue weighted by Crippen LogP contribution is -2.27. The largest absolute Gasteiger partial charge is 0.381 e. The van der Waals surface area contributed by atoms with Crippen molar-refractivity contribution in [1.82, 2.24) is 0 Å². The second kappa shape index (κ2) is 7.51. The van der Waals surface area contributed by atoms with Gasteiger partial charge in [0.15, 0.2) is 0 Å². The minimum atomic E-state index is 0.0694. The molecule has 0 unspecified atom stereocenters. The van der Waals surface area contributed by atoms with E-state index in [-0.39, 0.29) is 6.04 Å². The Kier molecular flexibility index (Phi) is 5.42. The smallest absolute Gasteiger partial charge is 0.0469 e. The van der Waals surface area contributed by atoms with E-state index in [1.54, 1.807) is 11.8 Å². The summed E-state index contributed by atoms with van der Waals surface area (Å²) in [6.45, 7) is 1.65. The molecule has 0 spiro atoms. The summed E-state index contributed by atoms with van der Waals surface area (Å²) >= 11 is 7.70. The van der Waals surface area contributed by atoms with Gasteiger partial charge in [-0.1, -0.05) is 41.6 Å². The molecular formula is C18H20ClNOS. The highest BCUT2D eigenvalue weighted by Crippen LogP contribution is 2.37. The Morgan fingerprint density at radius 3 is 2.45 bits per heavy atom. The first-order chi connectivity index (χ1) is 10.7. The first-order valence-electron chi connectivity index (χ1n) is 7.60. The quantitative estimate of drug-likeness (QED) is 0.862. The zero-order chi connectivity index (χ0) is 15.4. The highest BCUT2D eigenvalue weighted by atomic mass is 35.5. The molecule has 116 valence electrons. The van der Waals surface area contributed by atoms with Gasteiger partial charge in [-0.15, -0.1) is 0 Å². The van der Waals surface area contributed by atoms with E-state index in [2.05, 4.69) is 24.3 Å². The molecule has 0 aromatic heterocycles. The summed E-state index contributed by atoms with van der Waals surface area (Å²) in [6.07, 6.45) is 2.09. The van der Waals surface area contributed by atoms with Gasteiger partial charge >= 0.3 is 0 Å². The van der Waals surface area contributed by atoms with Crippen molar-refractivity contribution < 1.29 is 4.74 Å². The summed E-state index contributed by atoms with van der Waals surface area (Å²) in [6, 6.07) is 16.4. The molecule has 0 bridgehead atoms. The maximum atomic E-state index is 6.56. The molecule has 22 heavy (non-hydrogen) atoms. The van der Waals surface area contributed by atoms with Gasteiger partial charge < -0.3 is 10.5 Å². The molecule has 1 atom stereocenters. The molecule has 0 saturated carbocycles. The Balaban J connectivity index is 1.81. The molecule has 2 aromatic rings. The van der Waals surface area contributed by atoms with E-state index in [9.17, 15) is 0 Å². The fraction of sp³-hybridized carbons (Fsp3) is 0.333. The van der Waals surface area contributed by atoms with Gasteiger partial charge in [0, 0.05) is 34.1 Å². The first kappa shape index (κ1) is 15.9. The normalized spacial score (nSPS) is 17.4. The zero-order valence-electron chi connectivity index (χ0n) is 12.4. The van der Waals surface area contributed by atoms with Crippen molar-refractivity contribution in [3.63, 3.8) is 0 Å². The molecule has 2 N–H and O–H groups in total. The standard InChI is InChI=1S/C18H20ClNOS/c19-14-5-7-15(8-6-14)22-17-4-2-1-3-16(17)18(20)13-9-11-21-12-10-13/h1-8,13,18H,9-12,20H2/t18-/m1/s1. The molecule has 1 fully saturated rings. The highest BCUT2D eigenvalue weighted by molar-refractivity contribution is 7.99. The van der Waals surface area contributed by atoms with Gasteiger partial charge in [0.05, 0.1) is 0 Å². The van der Waals surface area contributed by atoms with Crippen LogP contribution in [0.5, 0.6) is 0 Å². The molecule has 2 aromatic carbocycles. The van der Waals surface area contributed by atoms with Crippen LogP contribution in [0, 0.1) is 5.92 Å². The number of rotatable bonds is 4. The molecule has 1 aliphatic rings. The van der Waals surface area contributed by atoms with E-state index in [0.717, 1.165) is 31.1 Å². The highest BCUT2D eigenvalue weighted by Gasteiger charge is 2.24. The molecule has 1 aliphatic heterocycles. The van der Waals surface area contributed by atoms with Crippen molar-refractivity contribution in [2.45, 2.75) is 28.7 Å². The van der Waals surface area contributed by atoms with Crippen molar-refractivity contribution in [3.05, 3.63) is 59.1 Å². The number of benzene rings is 2. The third-order valence-electron chi connectivity index (χ3n) is 4.09. The zero-order valence-corrected chi connectivity index (χ0v) is 13.9. The van der Waals surface area contributed by atoms with Crippen LogP contribution >= 0.6 is 23.4 Å². The lowest BCUT2D eigenvalue weighted by Gasteiger charge is -2.29. The molecule has 3 rings (SSSR count). The van der Waals surface area contributed by atoms with Crippen LogP contribution in [0.1, 0.15) is 24.4 Å². The van der Waals surface area contributed by atoms with Crippen LogP contribution in [0.3, 0.4) is 0 Å². The molecule has 0 aliphatic carbocycles. The van der Waals surface area contributed by atoms with Crippen LogP contribution in [0.2, 0.25) is 5.02 Å². The van der Waals surface area contributed by atoms with Crippen molar-refractivity contribution >= 4 is 23.4 Å². The Hall–Kier alpha value is -1.00. The molecule has 1 saturated heterocycles. The molecule has 0 amide bonds. The Labute approximate surface area is 141 Å². The van der Waals surface area contributed by atoms with E-state index in [0.29, 0.717) is 5.92 Å². The van der Waals surface area contributed by atoms with Gasteiger partial charge in [-0.25, -0.2) is 0 Å². The average molecular weight is 334 g/mol.